The van der Waals surface area contributed by atoms with E-state index in [-0.39, 0.29) is 18.2 Å². The number of nitrogens with one attached hydrogen (secondary N) is 3. The molecule has 7 heteroatoms. The van der Waals surface area contributed by atoms with E-state index >= 15 is 0 Å². The molecule has 4 aromatic rings. The highest BCUT2D eigenvalue weighted by Crippen LogP contribution is 2.34. The van der Waals surface area contributed by atoms with Crippen molar-refractivity contribution in [2.24, 2.45) is 0 Å². The summed E-state index contributed by atoms with van der Waals surface area (Å²) in [5.41, 5.74) is 5.98. The number of carbonyl (C=O) groups is 2. The van der Waals surface area contributed by atoms with Crippen LogP contribution in [0.3, 0.4) is 0 Å². The van der Waals surface area contributed by atoms with Crippen molar-refractivity contribution < 1.29 is 9.59 Å². The summed E-state index contributed by atoms with van der Waals surface area (Å²) in [6, 6.07) is 15.5. The Bertz CT molecular complexity index is 1240. The molecule has 0 bridgehead atoms. The Morgan fingerprint density at radius 1 is 1.10 bits per heavy atom. The fraction of sp³-hybridized carbons (Fsp3) is 0.208. The number of aromatic amines is 1. The minimum absolute atomic E-state index is 0.129. The van der Waals surface area contributed by atoms with Gasteiger partial charge in [0.05, 0.1) is 18.2 Å². The molecule has 2 aromatic heterocycles. The number of nitrogens with zero attached hydrogens (tertiary/aromatic N) is 1. The van der Waals surface area contributed by atoms with Gasteiger partial charge in [0.2, 0.25) is 11.8 Å². The van der Waals surface area contributed by atoms with Crippen LogP contribution in [0.25, 0.3) is 22.2 Å². The first-order valence-electron chi connectivity index (χ1n) is 10.1. The summed E-state index contributed by atoms with van der Waals surface area (Å²) < 4.78 is 0. The van der Waals surface area contributed by atoms with Crippen molar-refractivity contribution in [2.75, 3.05) is 5.32 Å². The lowest BCUT2D eigenvalue weighted by atomic mass is 10.0. The summed E-state index contributed by atoms with van der Waals surface area (Å²) >= 11 is 1.39. The van der Waals surface area contributed by atoms with Crippen molar-refractivity contribution in [1.29, 1.82) is 0 Å². The molecular weight excluding hydrogens is 408 g/mol. The fourth-order valence-electron chi connectivity index (χ4n) is 3.70. The van der Waals surface area contributed by atoms with Crippen molar-refractivity contribution in [3.63, 3.8) is 0 Å². The van der Waals surface area contributed by atoms with Gasteiger partial charge in [0.25, 0.3) is 0 Å². The zero-order valence-corrected chi connectivity index (χ0v) is 18.5. The number of hydrogen-bond donors (Lipinski definition) is 3. The molecule has 0 radical (unpaired) electrons. The number of amides is 2. The number of thiazole rings is 1. The second-order valence-corrected chi connectivity index (χ2v) is 8.48. The van der Waals surface area contributed by atoms with E-state index < -0.39 is 6.04 Å². The summed E-state index contributed by atoms with van der Waals surface area (Å²) in [5.74, 6) is -0.374. The molecule has 0 saturated heterocycles. The van der Waals surface area contributed by atoms with Crippen molar-refractivity contribution >= 4 is 39.2 Å². The van der Waals surface area contributed by atoms with Gasteiger partial charge in [0.1, 0.15) is 0 Å². The van der Waals surface area contributed by atoms with E-state index in [0.717, 1.165) is 39.0 Å². The first-order chi connectivity index (χ1) is 14.9. The highest BCUT2D eigenvalue weighted by atomic mass is 32.1. The van der Waals surface area contributed by atoms with Gasteiger partial charge < -0.3 is 15.6 Å². The molecule has 0 aliphatic heterocycles. The maximum atomic E-state index is 12.7. The highest BCUT2D eigenvalue weighted by Gasteiger charge is 2.19. The Labute approximate surface area is 184 Å². The monoisotopic (exact) mass is 432 g/mol. The minimum atomic E-state index is -0.395. The second kappa shape index (κ2) is 8.73. The molecule has 0 spiro atoms. The predicted octanol–water partition coefficient (Wildman–Crippen LogP) is 5.11. The summed E-state index contributed by atoms with van der Waals surface area (Å²) in [6.45, 7) is 5.47. The van der Waals surface area contributed by atoms with Gasteiger partial charge in [0, 0.05) is 34.5 Å². The molecular formula is C24H24N4O2S. The smallest absolute Gasteiger partial charge is 0.228 e. The van der Waals surface area contributed by atoms with Crippen LogP contribution in [0.4, 0.5) is 5.13 Å². The van der Waals surface area contributed by atoms with Gasteiger partial charge in [-0.15, -0.1) is 11.3 Å². The third kappa shape index (κ3) is 4.67. The lowest BCUT2D eigenvalue weighted by Gasteiger charge is -2.18. The fourth-order valence-corrected chi connectivity index (χ4v) is 4.42. The van der Waals surface area contributed by atoms with Crippen molar-refractivity contribution in [1.82, 2.24) is 15.3 Å². The van der Waals surface area contributed by atoms with Crippen LogP contribution in [0.5, 0.6) is 0 Å². The van der Waals surface area contributed by atoms with E-state index in [0.29, 0.717) is 5.13 Å². The maximum Gasteiger partial charge on any atom is 0.228 e. The van der Waals surface area contributed by atoms with Crippen LogP contribution in [0.1, 0.15) is 36.2 Å². The largest absolute Gasteiger partial charge is 0.358 e. The van der Waals surface area contributed by atoms with E-state index in [1.165, 1.54) is 18.3 Å². The highest BCUT2D eigenvalue weighted by molar-refractivity contribution is 7.14. The lowest BCUT2D eigenvalue weighted by Crippen LogP contribution is -2.29. The molecule has 1 atom stereocenters. The summed E-state index contributed by atoms with van der Waals surface area (Å²) in [6.07, 6.45) is 0.129. The number of aromatic nitrogens is 2. The molecule has 2 aromatic carbocycles. The van der Waals surface area contributed by atoms with Gasteiger partial charge in [-0.3, -0.25) is 9.59 Å². The Balaban J connectivity index is 1.51. The van der Waals surface area contributed by atoms with Gasteiger partial charge >= 0.3 is 0 Å². The van der Waals surface area contributed by atoms with Crippen molar-refractivity contribution in [3.05, 3.63) is 70.7 Å². The Kier molecular flexibility index (Phi) is 5.86. The third-order valence-corrected chi connectivity index (χ3v) is 5.90. The van der Waals surface area contributed by atoms with Gasteiger partial charge in [-0.05, 0) is 25.5 Å². The van der Waals surface area contributed by atoms with Crippen molar-refractivity contribution in [3.8, 4) is 11.3 Å². The quantitative estimate of drug-likeness (QED) is 0.395. The molecule has 0 unspecified atom stereocenters. The average molecular weight is 433 g/mol. The van der Waals surface area contributed by atoms with E-state index in [1.807, 2.05) is 61.7 Å². The number of H-pyrrole nitrogens is 1. The van der Waals surface area contributed by atoms with E-state index in [1.54, 1.807) is 0 Å². The number of hydrogen-bond acceptors (Lipinski definition) is 4. The van der Waals surface area contributed by atoms with Gasteiger partial charge in [0.15, 0.2) is 5.13 Å². The Hall–Kier alpha value is -3.45. The number of benzene rings is 2. The molecule has 0 fully saturated rings. The molecule has 0 aliphatic rings. The lowest BCUT2D eigenvalue weighted by molar-refractivity contribution is -0.120. The van der Waals surface area contributed by atoms with Gasteiger partial charge in [-0.2, -0.15) is 0 Å². The van der Waals surface area contributed by atoms with E-state index in [9.17, 15) is 9.59 Å². The molecule has 0 saturated carbocycles. The maximum absolute atomic E-state index is 12.7. The molecule has 158 valence electrons. The third-order valence-electron chi connectivity index (χ3n) is 5.15. The van der Waals surface area contributed by atoms with Crippen LogP contribution < -0.4 is 10.6 Å². The van der Waals surface area contributed by atoms with Crippen LogP contribution in [0.15, 0.2) is 53.9 Å². The van der Waals surface area contributed by atoms with Crippen LogP contribution in [-0.2, 0) is 9.59 Å². The van der Waals surface area contributed by atoms with E-state index in [4.69, 9.17) is 0 Å². The van der Waals surface area contributed by atoms with Crippen molar-refractivity contribution in [2.45, 2.75) is 33.2 Å². The molecule has 31 heavy (non-hydrogen) atoms. The number of fused-ring (bicyclic) bond motifs is 1. The van der Waals surface area contributed by atoms with Crippen LogP contribution in [-0.4, -0.2) is 21.8 Å². The number of para-hydroxylation sites is 1. The number of carbonyl (C=O) groups excluding carboxylic acids is 2. The Morgan fingerprint density at radius 2 is 1.84 bits per heavy atom. The topological polar surface area (TPSA) is 86.9 Å². The van der Waals surface area contributed by atoms with Gasteiger partial charge in [-0.25, -0.2) is 4.98 Å². The number of rotatable bonds is 6. The Morgan fingerprint density at radius 3 is 2.58 bits per heavy atom. The van der Waals surface area contributed by atoms with Gasteiger partial charge in [-0.1, -0.05) is 48.0 Å². The molecule has 2 amide bonds. The number of anilines is 1. The molecule has 2 heterocycles. The zero-order chi connectivity index (χ0) is 22.0. The summed E-state index contributed by atoms with van der Waals surface area (Å²) in [5, 5.41) is 9.34. The first-order valence-corrected chi connectivity index (χ1v) is 11.0. The van der Waals surface area contributed by atoms with Crippen LogP contribution >= 0.6 is 11.3 Å². The SMILES string of the molecule is CC(=O)N[C@@H](CC(=O)Nc1nc(-c2c(C)[nH]c3ccccc23)cs1)c1ccc(C)cc1. The molecule has 6 nitrogen and oxygen atoms in total. The van der Waals surface area contributed by atoms with Crippen LogP contribution in [0.2, 0.25) is 0 Å². The van der Waals surface area contributed by atoms with Crippen LogP contribution in [0, 0.1) is 13.8 Å². The number of aryl methyl sites for hydroxylation is 2. The molecule has 3 N–H and O–H groups in total. The molecule has 0 aliphatic carbocycles. The standard InChI is InChI=1S/C24H24N4O2S/c1-14-8-10-17(11-9-14)20(26-16(3)29)12-22(30)28-24-27-21(13-31-24)23-15(2)25-19-7-5-4-6-18(19)23/h4-11,13,20,25H,12H2,1-3H3,(H,26,29)(H,27,28,30)/t20-/m0/s1. The first kappa shape index (κ1) is 20.8. The predicted molar refractivity (Wildman–Crippen MR) is 125 cm³/mol. The molecule has 4 rings (SSSR count). The zero-order valence-electron chi connectivity index (χ0n) is 17.7. The van der Waals surface area contributed by atoms with E-state index in [2.05, 4.69) is 26.7 Å². The average Bonchev–Trinajstić information content (AvgIpc) is 3.30. The summed E-state index contributed by atoms with van der Waals surface area (Å²) in [7, 11) is 0. The normalized spacial score (nSPS) is 12.0. The summed E-state index contributed by atoms with van der Waals surface area (Å²) in [4.78, 5) is 32.4. The minimum Gasteiger partial charge on any atom is -0.358 e. The second-order valence-electron chi connectivity index (χ2n) is 7.62.